The summed E-state index contributed by atoms with van der Waals surface area (Å²) in [5.74, 6) is -0.633. The van der Waals surface area contributed by atoms with Crippen molar-refractivity contribution in [3.8, 4) is 0 Å². The highest BCUT2D eigenvalue weighted by molar-refractivity contribution is 5.90. The molecular weight excluding hydrogens is 372 g/mol. The lowest BCUT2D eigenvalue weighted by Crippen LogP contribution is -2.65. The Morgan fingerprint density at radius 3 is 2.28 bits per heavy atom. The van der Waals surface area contributed by atoms with E-state index in [2.05, 4.69) is 6.92 Å². The fourth-order valence-corrected chi connectivity index (χ4v) is 4.23. The van der Waals surface area contributed by atoms with Gasteiger partial charge in [-0.2, -0.15) is 0 Å². The average molecular weight is 413 g/mol. The van der Waals surface area contributed by atoms with Crippen molar-refractivity contribution in [1.29, 1.82) is 0 Å². The van der Waals surface area contributed by atoms with Gasteiger partial charge in [-0.1, -0.05) is 64.4 Å². The van der Waals surface area contributed by atoms with Crippen LogP contribution in [0.3, 0.4) is 0 Å². The summed E-state index contributed by atoms with van der Waals surface area (Å²) in [5, 5.41) is 29.8. The maximum atomic E-state index is 12.4. The highest BCUT2D eigenvalue weighted by Gasteiger charge is 2.58. The number of carbonyl (C=O) groups is 1. The summed E-state index contributed by atoms with van der Waals surface area (Å²) in [7, 11) is 0. The molecule has 0 aromatic heterocycles. The van der Waals surface area contributed by atoms with E-state index in [-0.39, 0.29) is 32.0 Å². The number of rotatable bonds is 14. The maximum Gasteiger partial charge on any atom is 0.158 e. The Labute approximate surface area is 175 Å². The Morgan fingerprint density at radius 2 is 1.69 bits per heavy atom. The van der Waals surface area contributed by atoms with Crippen LogP contribution in [0.1, 0.15) is 77.6 Å². The number of carbonyl (C=O) groups excluding carboxylic acids is 1. The molecule has 2 aliphatic rings. The van der Waals surface area contributed by atoms with Crippen LogP contribution in [0.5, 0.6) is 0 Å². The smallest absolute Gasteiger partial charge is 0.158 e. The van der Waals surface area contributed by atoms with E-state index in [1.54, 1.807) is 6.08 Å². The highest BCUT2D eigenvalue weighted by atomic mass is 16.6. The first-order valence-corrected chi connectivity index (χ1v) is 11.5. The minimum Gasteiger partial charge on any atom is -0.396 e. The van der Waals surface area contributed by atoms with Gasteiger partial charge in [-0.05, 0) is 18.9 Å². The molecule has 6 nitrogen and oxygen atoms in total. The van der Waals surface area contributed by atoms with Crippen molar-refractivity contribution in [3.05, 3.63) is 12.2 Å². The molecule has 0 saturated carbocycles. The second-order valence-corrected chi connectivity index (χ2v) is 8.69. The van der Waals surface area contributed by atoms with Crippen LogP contribution >= 0.6 is 0 Å². The molecule has 2 aliphatic heterocycles. The van der Waals surface area contributed by atoms with E-state index in [1.165, 1.54) is 51.4 Å². The van der Waals surface area contributed by atoms with Crippen molar-refractivity contribution in [2.75, 3.05) is 19.8 Å². The lowest BCUT2D eigenvalue weighted by atomic mass is 9.81. The topological polar surface area (TPSA) is 96.2 Å². The SMILES string of the molecule is CCCCCCCCCCC/C=C/C(=O)CC12COC1C(O)C(O)C(CO)CO2. The number of ketones is 1. The third kappa shape index (κ3) is 7.14. The summed E-state index contributed by atoms with van der Waals surface area (Å²) in [4.78, 5) is 12.4. The van der Waals surface area contributed by atoms with E-state index in [0.29, 0.717) is 0 Å². The van der Waals surface area contributed by atoms with Gasteiger partial charge >= 0.3 is 0 Å². The molecule has 6 heteroatoms. The molecular formula is C23H40O6. The van der Waals surface area contributed by atoms with Crippen molar-refractivity contribution in [2.24, 2.45) is 5.92 Å². The number of aliphatic hydroxyl groups excluding tert-OH is 3. The zero-order valence-electron chi connectivity index (χ0n) is 17.9. The summed E-state index contributed by atoms with van der Waals surface area (Å²) < 4.78 is 11.3. The third-order valence-corrected chi connectivity index (χ3v) is 6.24. The first-order chi connectivity index (χ1) is 14.0. The average Bonchev–Trinajstić information content (AvgIpc) is 2.75. The number of fused-ring (bicyclic) bond motifs is 1. The molecule has 0 spiro atoms. The van der Waals surface area contributed by atoms with E-state index < -0.39 is 29.8 Å². The summed E-state index contributed by atoms with van der Waals surface area (Å²) in [5.41, 5.74) is -0.899. The van der Waals surface area contributed by atoms with Gasteiger partial charge in [0.15, 0.2) is 5.78 Å². The van der Waals surface area contributed by atoms with Crippen molar-refractivity contribution in [2.45, 2.75) is 101 Å². The van der Waals surface area contributed by atoms with Crippen molar-refractivity contribution >= 4 is 5.78 Å². The zero-order valence-corrected chi connectivity index (χ0v) is 17.9. The van der Waals surface area contributed by atoms with Crippen LogP contribution in [-0.2, 0) is 14.3 Å². The fraction of sp³-hybridized carbons (Fsp3) is 0.870. The van der Waals surface area contributed by atoms with Crippen LogP contribution in [0.25, 0.3) is 0 Å². The second kappa shape index (κ2) is 12.8. The first-order valence-electron chi connectivity index (χ1n) is 11.5. The first kappa shape index (κ1) is 24.5. The van der Waals surface area contributed by atoms with Gasteiger partial charge in [0.05, 0.1) is 25.9 Å². The molecule has 29 heavy (non-hydrogen) atoms. The molecule has 2 saturated heterocycles. The molecule has 3 N–H and O–H groups in total. The van der Waals surface area contributed by atoms with Crippen LogP contribution in [0.4, 0.5) is 0 Å². The molecule has 0 amide bonds. The molecule has 168 valence electrons. The normalized spacial score (nSPS) is 32.0. The molecule has 0 aliphatic carbocycles. The maximum absolute atomic E-state index is 12.4. The number of aliphatic hydroxyl groups is 3. The van der Waals surface area contributed by atoms with Gasteiger partial charge in [-0.25, -0.2) is 0 Å². The molecule has 2 fully saturated rings. The number of unbranched alkanes of at least 4 members (excludes halogenated alkanes) is 9. The number of hydrogen-bond donors (Lipinski definition) is 3. The zero-order chi connectivity index (χ0) is 21.1. The highest BCUT2D eigenvalue weighted by Crippen LogP contribution is 2.40. The Bertz CT molecular complexity index is 508. The predicted octanol–water partition coefficient (Wildman–Crippen LogP) is 2.92. The van der Waals surface area contributed by atoms with Gasteiger partial charge < -0.3 is 24.8 Å². The van der Waals surface area contributed by atoms with E-state index in [4.69, 9.17) is 9.47 Å². The summed E-state index contributed by atoms with van der Waals surface area (Å²) in [6.07, 6.45) is 13.0. The molecule has 0 radical (unpaired) electrons. The number of hydrogen-bond acceptors (Lipinski definition) is 6. The summed E-state index contributed by atoms with van der Waals surface area (Å²) in [6.45, 7) is 2.27. The standard InChI is InChI=1S/C23H40O6/c1-2-3-4-5-6-7-8-9-10-11-12-13-19(25)14-23-17-28-22(23)21(27)20(26)18(15-24)16-29-23/h12-13,18,20-22,24,26-27H,2-11,14-17H2,1H3/b13-12+. The molecule has 0 aromatic carbocycles. The third-order valence-electron chi connectivity index (χ3n) is 6.24. The van der Waals surface area contributed by atoms with Gasteiger partial charge in [-0.15, -0.1) is 0 Å². The lowest BCUT2D eigenvalue weighted by molar-refractivity contribution is -0.281. The quantitative estimate of drug-likeness (QED) is 0.300. The van der Waals surface area contributed by atoms with E-state index in [0.717, 1.165) is 12.8 Å². The van der Waals surface area contributed by atoms with Crippen LogP contribution in [0.2, 0.25) is 0 Å². The largest absolute Gasteiger partial charge is 0.396 e. The van der Waals surface area contributed by atoms with Crippen molar-refractivity contribution in [1.82, 2.24) is 0 Å². The fourth-order valence-electron chi connectivity index (χ4n) is 4.23. The molecule has 5 atom stereocenters. The molecule has 5 unspecified atom stereocenters. The van der Waals surface area contributed by atoms with Gasteiger partial charge in [-0.3, -0.25) is 4.79 Å². The van der Waals surface area contributed by atoms with Crippen LogP contribution < -0.4 is 0 Å². The van der Waals surface area contributed by atoms with Crippen LogP contribution in [-0.4, -0.2) is 64.8 Å². The Kier molecular flexibility index (Phi) is 10.8. The van der Waals surface area contributed by atoms with Gasteiger partial charge in [0.2, 0.25) is 0 Å². The van der Waals surface area contributed by atoms with Crippen LogP contribution in [0, 0.1) is 5.92 Å². The van der Waals surface area contributed by atoms with Gasteiger partial charge in [0, 0.05) is 12.3 Å². The van der Waals surface area contributed by atoms with Gasteiger partial charge in [0.1, 0.15) is 17.8 Å². The van der Waals surface area contributed by atoms with Crippen molar-refractivity contribution < 1.29 is 29.6 Å². The molecule has 0 bridgehead atoms. The molecule has 2 heterocycles. The number of allylic oxidation sites excluding steroid dienone is 2. The van der Waals surface area contributed by atoms with E-state index in [9.17, 15) is 20.1 Å². The van der Waals surface area contributed by atoms with Crippen LogP contribution in [0.15, 0.2) is 12.2 Å². The summed E-state index contributed by atoms with van der Waals surface area (Å²) >= 11 is 0. The second-order valence-electron chi connectivity index (χ2n) is 8.69. The Hall–Kier alpha value is -0.790. The predicted molar refractivity (Wildman–Crippen MR) is 112 cm³/mol. The minimum absolute atomic E-state index is 0.0571. The molecule has 0 aromatic rings. The van der Waals surface area contributed by atoms with Gasteiger partial charge in [0.25, 0.3) is 0 Å². The van der Waals surface area contributed by atoms with E-state index in [1.807, 2.05) is 6.08 Å². The Morgan fingerprint density at radius 1 is 1.03 bits per heavy atom. The van der Waals surface area contributed by atoms with Crippen molar-refractivity contribution in [3.63, 3.8) is 0 Å². The minimum atomic E-state index is -1.16. The monoisotopic (exact) mass is 412 g/mol. The number of ether oxygens (including phenoxy) is 2. The summed E-state index contributed by atoms with van der Waals surface area (Å²) in [6, 6.07) is 0. The van der Waals surface area contributed by atoms with E-state index >= 15 is 0 Å². The molecule has 2 rings (SSSR count). The lowest BCUT2D eigenvalue weighted by Gasteiger charge is -2.48. The Balaban J connectivity index is 1.64.